The Kier molecular flexibility index (Phi) is 3.83. The van der Waals surface area contributed by atoms with E-state index < -0.39 is 0 Å². The second-order valence-corrected chi connectivity index (χ2v) is 5.26. The van der Waals surface area contributed by atoms with Crippen LogP contribution in [0.2, 0.25) is 0 Å². The van der Waals surface area contributed by atoms with E-state index in [-0.39, 0.29) is 5.82 Å². The lowest BCUT2D eigenvalue weighted by Gasteiger charge is -2.10. The number of nitrogen functional groups attached to an aromatic ring is 1. The standard InChI is InChI=1S/C16H13FN2OS/c17-13-4-1-11(2-5-13)8-20-16-6-3-12(7-14(16)18)15-9-21-10-19-15/h1-7,9-10H,8,18H2. The topological polar surface area (TPSA) is 48.1 Å². The quantitative estimate of drug-likeness (QED) is 0.738. The molecule has 0 amide bonds. The molecule has 0 aliphatic rings. The predicted molar refractivity (Wildman–Crippen MR) is 82.7 cm³/mol. The highest BCUT2D eigenvalue weighted by atomic mass is 32.1. The van der Waals surface area contributed by atoms with Crippen LogP contribution < -0.4 is 10.5 Å². The van der Waals surface area contributed by atoms with E-state index in [0.717, 1.165) is 16.8 Å². The first-order chi connectivity index (χ1) is 10.2. The van der Waals surface area contributed by atoms with Gasteiger partial charge >= 0.3 is 0 Å². The molecule has 106 valence electrons. The molecule has 0 aliphatic carbocycles. The fourth-order valence-electron chi connectivity index (χ4n) is 1.94. The van der Waals surface area contributed by atoms with Crippen molar-refractivity contribution in [2.24, 2.45) is 0 Å². The third-order valence-corrected chi connectivity index (χ3v) is 3.63. The summed E-state index contributed by atoms with van der Waals surface area (Å²) in [7, 11) is 0. The maximum atomic E-state index is 12.8. The Morgan fingerprint density at radius 1 is 1.14 bits per heavy atom. The summed E-state index contributed by atoms with van der Waals surface area (Å²) < 4.78 is 18.5. The molecule has 0 fully saturated rings. The zero-order valence-electron chi connectivity index (χ0n) is 11.1. The van der Waals surface area contributed by atoms with Crippen molar-refractivity contribution in [1.82, 2.24) is 4.98 Å². The molecule has 21 heavy (non-hydrogen) atoms. The average molecular weight is 300 g/mol. The van der Waals surface area contributed by atoms with Crippen molar-refractivity contribution in [3.63, 3.8) is 0 Å². The molecule has 0 saturated heterocycles. The van der Waals surface area contributed by atoms with Gasteiger partial charge in [-0.3, -0.25) is 0 Å². The first kappa shape index (κ1) is 13.6. The van der Waals surface area contributed by atoms with Crippen LogP contribution in [0.3, 0.4) is 0 Å². The third-order valence-electron chi connectivity index (χ3n) is 3.05. The van der Waals surface area contributed by atoms with E-state index in [1.165, 1.54) is 23.5 Å². The number of hydrogen-bond donors (Lipinski definition) is 1. The summed E-state index contributed by atoms with van der Waals surface area (Å²) in [5, 5.41) is 1.97. The molecule has 0 radical (unpaired) electrons. The molecule has 0 aliphatic heterocycles. The van der Waals surface area contributed by atoms with Crippen molar-refractivity contribution >= 4 is 17.0 Å². The first-order valence-electron chi connectivity index (χ1n) is 6.38. The van der Waals surface area contributed by atoms with Crippen LogP contribution in [0.15, 0.2) is 53.4 Å². The summed E-state index contributed by atoms with van der Waals surface area (Å²) in [4.78, 5) is 4.25. The molecular formula is C16H13FN2OS. The molecule has 2 aromatic carbocycles. The van der Waals surface area contributed by atoms with Gasteiger partial charge in [-0.15, -0.1) is 11.3 Å². The minimum Gasteiger partial charge on any atom is -0.487 e. The lowest BCUT2D eigenvalue weighted by atomic mass is 10.1. The Bertz CT molecular complexity index is 727. The van der Waals surface area contributed by atoms with Crippen LogP contribution in [0.4, 0.5) is 10.1 Å². The summed E-state index contributed by atoms with van der Waals surface area (Å²) in [6, 6.07) is 11.8. The van der Waals surface area contributed by atoms with Crippen molar-refractivity contribution in [3.8, 4) is 17.0 Å². The molecule has 1 aromatic heterocycles. The van der Waals surface area contributed by atoms with E-state index in [9.17, 15) is 4.39 Å². The molecule has 3 rings (SSSR count). The Balaban J connectivity index is 1.73. The smallest absolute Gasteiger partial charge is 0.142 e. The molecular weight excluding hydrogens is 287 g/mol. The van der Waals surface area contributed by atoms with Gasteiger partial charge < -0.3 is 10.5 Å². The largest absolute Gasteiger partial charge is 0.487 e. The number of hydrogen-bond acceptors (Lipinski definition) is 4. The number of halogens is 1. The molecule has 2 N–H and O–H groups in total. The highest BCUT2D eigenvalue weighted by Crippen LogP contribution is 2.28. The Hall–Kier alpha value is -2.40. The average Bonchev–Trinajstić information content (AvgIpc) is 3.02. The Labute approximate surface area is 125 Å². The molecule has 1 heterocycles. The van der Waals surface area contributed by atoms with E-state index in [2.05, 4.69) is 4.98 Å². The number of rotatable bonds is 4. The number of thiazole rings is 1. The van der Waals surface area contributed by atoms with E-state index in [0.29, 0.717) is 18.0 Å². The van der Waals surface area contributed by atoms with Crippen LogP contribution in [0.5, 0.6) is 5.75 Å². The normalized spacial score (nSPS) is 10.5. The highest BCUT2D eigenvalue weighted by Gasteiger charge is 2.06. The van der Waals surface area contributed by atoms with Crippen LogP contribution in [0.25, 0.3) is 11.3 Å². The molecule has 0 spiro atoms. The van der Waals surface area contributed by atoms with E-state index in [1.54, 1.807) is 17.6 Å². The van der Waals surface area contributed by atoms with Gasteiger partial charge in [0.25, 0.3) is 0 Å². The van der Waals surface area contributed by atoms with Gasteiger partial charge in [0, 0.05) is 10.9 Å². The van der Waals surface area contributed by atoms with Crippen LogP contribution >= 0.6 is 11.3 Å². The van der Waals surface area contributed by atoms with Gasteiger partial charge in [0.05, 0.1) is 16.9 Å². The number of nitrogens with zero attached hydrogens (tertiary/aromatic N) is 1. The number of aromatic nitrogens is 1. The number of benzene rings is 2. The van der Waals surface area contributed by atoms with Gasteiger partial charge in [0.1, 0.15) is 18.2 Å². The van der Waals surface area contributed by atoms with Gasteiger partial charge in [0.2, 0.25) is 0 Å². The lowest BCUT2D eigenvalue weighted by Crippen LogP contribution is -1.99. The Morgan fingerprint density at radius 2 is 1.95 bits per heavy atom. The molecule has 0 atom stereocenters. The SMILES string of the molecule is Nc1cc(-c2cscn2)ccc1OCc1ccc(F)cc1. The summed E-state index contributed by atoms with van der Waals surface area (Å²) in [5.74, 6) is 0.351. The fraction of sp³-hybridized carbons (Fsp3) is 0.0625. The van der Waals surface area contributed by atoms with Crippen LogP contribution in [0, 0.1) is 5.82 Å². The molecule has 0 saturated carbocycles. The highest BCUT2D eigenvalue weighted by molar-refractivity contribution is 7.07. The van der Waals surface area contributed by atoms with Crippen molar-refractivity contribution < 1.29 is 9.13 Å². The second kappa shape index (κ2) is 5.93. The van der Waals surface area contributed by atoms with Gasteiger partial charge in [-0.2, -0.15) is 0 Å². The molecule has 0 bridgehead atoms. The van der Waals surface area contributed by atoms with Crippen LogP contribution in [0.1, 0.15) is 5.56 Å². The Morgan fingerprint density at radius 3 is 2.62 bits per heavy atom. The second-order valence-electron chi connectivity index (χ2n) is 4.54. The third kappa shape index (κ3) is 3.20. The molecule has 5 heteroatoms. The summed E-state index contributed by atoms with van der Waals surface area (Å²) >= 11 is 1.54. The molecule has 3 aromatic rings. The predicted octanol–water partition coefficient (Wildman–Crippen LogP) is 4.11. The van der Waals surface area contributed by atoms with Crippen LogP contribution in [-0.2, 0) is 6.61 Å². The number of anilines is 1. The zero-order valence-corrected chi connectivity index (χ0v) is 11.9. The first-order valence-corrected chi connectivity index (χ1v) is 7.32. The fourth-order valence-corrected chi connectivity index (χ4v) is 2.50. The van der Waals surface area contributed by atoms with Crippen LogP contribution in [-0.4, -0.2) is 4.98 Å². The van der Waals surface area contributed by atoms with Gasteiger partial charge in [-0.1, -0.05) is 12.1 Å². The van der Waals surface area contributed by atoms with Crippen molar-refractivity contribution in [1.29, 1.82) is 0 Å². The minimum absolute atomic E-state index is 0.258. The number of ether oxygens (including phenoxy) is 1. The minimum atomic E-state index is -0.258. The van der Waals surface area contributed by atoms with Crippen molar-refractivity contribution in [3.05, 3.63) is 64.7 Å². The summed E-state index contributed by atoms with van der Waals surface area (Å²) in [6.45, 7) is 0.348. The van der Waals surface area contributed by atoms with Gasteiger partial charge in [-0.05, 0) is 35.9 Å². The monoisotopic (exact) mass is 300 g/mol. The maximum absolute atomic E-state index is 12.8. The molecule has 0 unspecified atom stereocenters. The zero-order chi connectivity index (χ0) is 14.7. The van der Waals surface area contributed by atoms with Crippen molar-refractivity contribution in [2.75, 3.05) is 5.73 Å². The number of nitrogens with two attached hydrogens (primary N) is 1. The lowest BCUT2D eigenvalue weighted by molar-refractivity contribution is 0.308. The van der Waals surface area contributed by atoms with Gasteiger partial charge in [-0.25, -0.2) is 9.37 Å². The van der Waals surface area contributed by atoms with Crippen molar-refractivity contribution in [2.45, 2.75) is 6.61 Å². The van der Waals surface area contributed by atoms with E-state index in [1.807, 2.05) is 23.6 Å². The van der Waals surface area contributed by atoms with E-state index in [4.69, 9.17) is 10.5 Å². The summed E-state index contributed by atoms with van der Waals surface area (Å²) in [5.41, 5.74) is 11.1. The summed E-state index contributed by atoms with van der Waals surface area (Å²) in [6.07, 6.45) is 0. The maximum Gasteiger partial charge on any atom is 0.142 e. The van der Waals surface area contributed by atoms with Gasteiger partial charge in [0.15, 0.2) is 0 Å². The molecule has 3 nitrogen and oxygen atoms in total. The van der Waals surface area contributed by atoms with E-state index >= 15 is 0 Å².